The Labute approximate surface area is 99.2 Å². The molecule has 0 bridgehead atoms. The summed E-state index contributed by atoms with van der Waals surface area (Å²) in [5.41, 5.74) is 0.470. The topological polar surface area (TPSA) is 48.3 Å². The number of carbonyl (C=O) groups excluding carboxylic acids is 1. The van der Waals surface area contributed by atoms with E-state index in [-0.39, 0.29) is 11.8 Å². The first kappa shape index (κ1) is 11.8. The third-order valence-electron chi connectivity index (χ3n) is 2.79. The highest BCUT2D eigenvalue weighted by Crippen LogP contribution is 2.16. The van der Waals surface area contributed by atoms with Gasteiger partial charge in [-0.3, -0.25) is 0 Å². The molecule has 0 radical (unpaired) electrons. The van der Waals surface area contributed by atoms with Gasteiger partial charge in [0.15, 0.2) is 5.82 Å². The lowest BCUT2D eigenvalue weighted by Crippen LogP contribution is -2.50. The number of pyridine rings is 1. The fraction of sp³-hybridized carbons (Fsp3) is 0.455. The molecule has 1 aromatic rings. The first-order valence-corrected chi connectivity index (χ1v) is 5.61. The molecule has 92 valence electrons. The number of anilines is 1. The SMILES string of the molecule is CNC(=O)[n+]1ccc(F)c(N2CCNCC2)c1. The molecule has 0 aliphatic carbocycles. The van der Waals surface area contributed by atoms with E-state index in [2.05, 4.69) is 10.6 Å². The number of hydrogen-bond acceptors (Lipinski definition) is 3. The van der Waals surface area contributed by atoms with Crippen molar-refractivity contribution in [1.82, 2.24) is 10.6 Å². The Bertz CT molecular complexity index is 418. The van der Waals surface area contributed by atoms with Gasteiger partial charge in [-0.05, 0) is 0 Å². The summed E-state index contributed by atoms with van der Waals surface area (Å²) in [5.74, 6) is -0.299. The summed E-state index contributed by atoms with van der Waals surface area (Å²) in [7, 11) is 1.54. The fourth-order valence-electron chi connectivity index (χ4n) is 1.86. The van der Waals surface area contributed by atoms with Crippen molar-refractivity contribution < 1.29 is 13.8 Å². The molecule has 2 heterocycles. The molecule has 6 heteroatoms. The number of carbonyl (C=O) groups is 1. The summed E-state index contributed by atoms with van der Waals surface area (Å²) in [6.07, 6.45) is 2.94. The largest absolute Gasteiger partial charge is 0.495 e. The van der Waals surface area contributed by atoms with Crippen molar-refractivity contribution >= 4 is 11.7 Å². The second-order valence-corrected chi connectivity index (χ2v) is 3.88. The number of aromatic nitrogens is 1. The van der Waals surface area contributed by atoms with Crippen LogP contribution in [0.4, 0.5) is 14.9 Å². The van der Waals surface area contributed by atoms with Crippen LogP contribution >= 0.6 is 0 Å². The average molecular weight is 239 g/mol. The maximum atomic E-state index is 13.7. The van der Waals surface area contributed by atoms with Crippen LogP contribution in [0.5, 0.6) is 0 Å². The Morgan fingerprint density at radius 3 is 2.88 bits per heavy atom. The van der Waals surface area contributed by atoms with Crippen molar-refractivity contribution in [3.63, 3.8) is 0 Å². The van der Waals surface area contributed by atoms with Gasteiger partial charge in [0.1, 0.15) is 18.1 Å². The average Bonchev–Trinajstić information content (AvgIpc) is 2.39. The smallest absolute Gasteiger partial charge is 0.364 e. The molecule has 1 amide bonds. The second kappa shape index (κ2) is 5.09. The first-order valence-electron chi connectivity index (χ1n) is 5.61. The lowest BCUT2D eigenvalue weighted by Gasteiger charge is -2.29. The summed E-state index contributed by atoms with van der Waals surface area (Å²) in [4.78, 5) is 13.4. The van der Waals surface area contributed by atoms with Gasteiger partial charge >= 0.3 is 6.03 Å². The second-order valence-electron chi connectivity index (χ2n) is 3.88. The number of amides is 1. The Hall–Kier alpha value is -1.69. The fourth-order valence-corrected chi connectivity index (χ4v) is 1.86. The van der Waals surface area contributed by atoms with Crippen LogP contribution in [0.15, 0.2) is 18.5 Å². The zero-order chi connectivity index (χ0) is 12.3. The first-order chi connectivity index (χ1) is 8.22. The van der Waals surface area contributed by atoms with E-state index in [1.165, 1.54) is 23.0 Å². The van der Waals surface area contributed by atoms with Crippen LogP contribution in [0.25, 0.3) is 0 Å². The highest BCUT2D eigenvalue weighted by Gasteiger charge is 2.19. The number of rotatable bonds is 1. The van der Waals surface area contributed by atoms with Gasteiger partial charge in [0.2, 0.25) is 0 Å². The van der Waals surface area contributed by atoms with Gasteiger partial charge in [-0.15, -0.1) is 0 Å². The number of hydrogen-bond donors (Lipinski definition) is 2. The Morgan fingerprint density at radius 1 is 1.53 bits per heavy atom. The highest BCUT2D eigenvalue weighted by atomic mass is 19.1. The molecule has 5 nitrogen and oxygen atoms in total. The van der Waals surface area contributed by atoms with Gasteiger partial charge in [0.05, 0.1) is 7.05 Å². The normalized spacial score (nSPS) is 15.8. The Morgan fingerprint density at radius 2 is 2.24 bits per heavy atom. The van der Waals surface area contributed by atoms with Crippen LogP contribution in [0.3, 0.4) is 0 Å². The quantitative estimate of drug-likeness (QED) is 0.662. The number of piperazine rings is 1. The zero-order valence-electron chi connectivity index (χ0n) is 9.74. The molecule has 1 aromatic heterocycles. The van der Waals surface area contributed by atoms with Crippen LogP contribution in [0.1, 0.15) is 0 Å². The summed E-state index contributed by atoms with van der Waals surface area (Å²) in [6, 6.07) is 1.04. The predicted molar refractivity (Wildman–Crippen MR) is 61.5 cm³/mol. The maximum Gasteiger partial charge on any atom is 0.495 e. The van der Waals surface area contributed by atoms with E-state index in [9.17, 15) is 9.18 Å². The number of nitrogens with one attached hydrogen (secondary N) is 2. The molecule has 1 fully saturated rings. The molecule has 2 N–H and O–H groups in total. The zero-order valence-corrected chi connectivity index (χ0v) is 9.74. The van der Waals surface area contributed by atoms with Crippen molar-refractivity contribution in [2.45, 2.75) is 0 Å². The highest BCUT2D eigenvalue weighted by molar-refractivity contribution is 5.64. The van der Waals surface area contributed by atoms with E-state index in [4.69, 9.17) is 0 Å². The monoisotopic (exact) mass is 239 g/mol. The molecule has 1 aliphatic heterocycles. The molecule has 0 spiro atoms. The Kier molecular flexibility index (Phi) is 3.53. The van der Waals surface area contributed by atoms with Gasteiger partial charge in [-0.25, -0.2) is 9.71 Å². The van der Waals surface area contributed by atoms with Gasteiger partial charge < -0.3 is 10.2 Å². The molecule has 17 heavy (non-hydrogen) atoms. The van der Waals surface area contributed by atoms with Crippen molar-refractivity contribution in [1.29, 1.82) is 0 Å². The maximum absolute atomic E-state index is 13.7. The summed E-state index contributed by atoms with van der Waals surface area (Å²) in [6.45, 7) is 3.14. The van der Waals surface area contributed by atoms with Crippen LogP contribution in [0.2, 0.25) is 0 Å². The third kappa shape index (κ3) is 2.52. The van der Waals surface area contributed by atoms with Crippen molar-refractivity contribution in [3.05, 3.63) is 24.3 Å². The van der Waals surface area contributed by atoms with Crippen LogP contribution in [0, 0.1) is 5.82 Å². The molecular formula is C11H16FN4O+. The van der Waals surface area contributed by atoms with Crippen molar-refractivity contribution in [3.8, 4) is 0 Å². The minimum absolute atomic E-state index is 0.276. The third-order valence-corrected chi connectivity index (χ3v) is 2.79. The molecular weight excluding hydrogens is 223 g/mol. The minimum Gasteiger partial charge on any atom is -0.364 e. The van der Waals surface area contributed by atoms with E-state index in [0.29, 0.717) is 5.69 Å². The molecule has 1 aliphatic rings. The summed E-state index contributed by atoms with van der Waals surface area (Å²) >= 11 is 0. The molecule has 0 atom stereocenters. The summed E-state index contributed by atoms with van der Waals surface area (Å²) in [5, 5.41) is 5.70. The molecule has 2 rings (SSSR count). The van der Waals surface area contributed by atoms with Crippen molar-refractivity contribution in [2.75, 3.05) is 38.1 Å². The van der Waals surface area contributed by atoms with Gasteiger partial charge in [-0.2, -0.15) is 9.36 Å². The minimum atomic E-state index is -0.299. The summed E-state index contributed by atoms with van der Waals surface area (Å²) < 4.78 is 15.1. The van der Waals surface area contributed by atoms with E-state index >= 15 is 0 Å². The van der Waals surface area contributed by atoms with E-state index < -0.39 is 0 Å². The van der Waals surface area contributed by atoms with Crippen LogP contribution in [-0.4, -0.2) is 39.3 Å². The van der Waals surface area contributed by atoms with E-state index in [0.717, 1.165) is 26.2 Å². The molecule has 1 saturated heterocycles. The van der Waals surface area contributed by atoms with Gasteiger partial charge in [0.25, 0.3) is 0 Å². The molecule has 0 saturated carbocycles. The predicted octanol–water partition coefficient (Wildman–Crippen LogP) is -0.290. The van der Waals surface area contributed by atoms with Crippen LogP contribution < -0.4 is 20.1 Å². The lowest BCUT2D eigenvalue weighted by molar-refractivity contribution is -0.571. The standard InChI is InChI=1S/C11H15FN4O/c1-13-11(17)16-5-2-9(12)10(8-16)15-6-3-14-4-7-15/h2,5,8,14H,3-4,6-7H2,1H3/p+1. The van der Waals surface area contributed by atoms with Crippen molar-refractivity contribution in [2.24, 2.45) is 0 Å². The molecule has 0 aromatic carbocycles. The lowest BCUT2D eigenvalue weighted by atomic mass is 10.3. The van der Waals surface area contributed by atoms with Crippen LogP contribution in [-0.2, 0) is 0 Å². The van der Waals surface area contributed by atoms with E-state index in [1.807, 2.05) is 4.90 Å². The van der Waals surface area contributed by atoms with E-state index in [1.54, 1.807) is 7.05 Å². The number of halogens is 1. The molecule has 0 unspecified atom stereocenters. The number of nitrogens with zero attached hydrogens (tertiary/aromatic N) is 2. The van der Waals surface area contributed by atoms with Gasteiger partial charge in [-0.1, -0.05) is 0 Å². The van der Waals surface area contributed by atoms with Gasteiger partial charge in [0, 0.05) is 32.2 Å². The Balaban J connectivity index is 2.28.